The fourth-order valence-corrected chi connectivity index (χ4v) is 3.26. The third kappa shape index (κ3) is 3.45. The van der Waals surface area contributed by atoms with Crippen LogP contribution in [0.2, 0.25) is 0 Å². The van der Waals surface area contributed by atoms with Crippen LogP contribution in [0.25, 0.3) is 11.0 Å². The van der Waals surface area contributed by atoms with Gasteiger partial charge in [0.25, 0.3) is 5.91 Å². The fourth-order valence-electron chi connectivity index (χ4n) is 2.62. The molecule has 1 aromatic carbocycles. The molecule has 2 heterocycles. The van der Waals surface area contributed by atoms with Gasteiger partial charge in [-0.25, -0.2) is 4.98 Å². The maximum absolute atomic E-state index is 12.5. The number of furan rings is 1. The maximum atomic E-state index is 12.5. The van der Waals surface area contributed by atoms with Crippen molar-refractivity contribution in [1.82, 2.24) is 9.88 Å². The molecule has 0 unspecified atom stereocenters. The Labute approximate surface area is 150 Å². The second kappa shape index (κ2) is 7.79. The van der Waals surface area contributed by atoms with Gasteiger partial charge in [0.05, 0.1) is 0 Å². The number of carbonyl (C=O) groups is 1. The topological polar surface area (TPSA) is 72.4 Å². The number of hydrogen-bond donors (Lipinski definition) is 1. The van der Waals surface area contributed by atoms with Crippen molar-refractivity contribution in [3.05, 3.63) is 51.7 Å². The Bertz CT molecular complexity index is 843. The Hall–Kier alpha value is -1.89. The third-order valence-electron chi connectivity index (χ3n) is 3.79. The molecule has 1 amide bonds. The van der Waals surface area contributed by atoms with E-state index in [2.05, 4.69) is 11.9 Å². The van der Waals surface area contributed by atoms with Gasteiger partial charge in [0.2, 0.25) is 0 Å². The van der Waals surface area contributed by atoms with E-state index in [4.69, 9.17) is 10.2 Å². The van der Waals surface area contributed by atoms with Gasteiger partial charge in [-0.15, -0.1) is 23.7 Å². The van der Waals surface area contributed by atoms with E-state index in [0.717, 1.165) is 33.7 Å². The molecule has 128 valence electrons. The monoisotopic (exact) mass is 365 g/mol. The number of hydrogen-bond acceptors (Lipinski definition) is 5. The quantitative estimate of drug-likeness (QED) is 0.749. The van der Waals surface area contributed by atoms with Gasteiger partial charge in [-0.1, -0.05) is 25.1 Å². The van der Waals surface area contributed by atoms with Crippen LogP contribution in [0, 0.1) is 0 Å². The number of nitrogens with two attached hydrogens (primary N) is 1. The number of aromatic nitrogens is 1. The summed E-state index contributed by atoms with van der Waals surface area (Å²) in [4.78, 5) is 18.5. The van der Waals surface area contributed by atoms with E-state index < -0.39 is 0 Å². The van der Waals surface area contributed by atoms with Gasteiger partial charge in [0.1, 0.15) is 22.0 Å². The predicted octanol–water partition coefficient (Wildman–Crippen LogP) is 3.60. The zero-order valence-electron chi connectivity index (χ0n) is 13.6. The largest absolute Gasteiger partial charge is 0.461 e. The van der Waals surface area contributed by atoms with E-state index in [1.165, 1.54) is 11.3 Å². The van der Waals surface area contributed by atoms with Gasteiger partial charge in [0, 0.05) is 42.9 Å². The van der Waals surface area contributed by atoms with Crippen LogP contribution in [0.3, 0.4) is 0 Å². The molecule has 0 aliphatic heterocycles. The number of halogens is 1. The van der Waals surface area contributed by atoms with Crippen LogP contribution in [0.4, 0.5) is 0 Å². The zero-order valence-corrected chi connectivity index (χ0v) is 15.2. The molecule has 0 fully saturated rings. The lowest BCUT2D eigenvalue weighted by Crippen LogP contribution is -2.26. The molecule has 0 aliphatic carbocycles. The smallest absolute Gasteiger partial charge is 0.273 e. The Morgan fingerprint density at radius 2 is 2.12 bits per heavy atom. The molecule has 24 heavy (non-hydrogen) atoms. The fraction of sp³-hybridized carbons (Fsp3) is 0.294. The molecule has 0 saturated heterocycles. The second-order valence-corrected chi connectivity index (χ2v) is 6.29. The average molecular weight is 366 g/mol. The standard InChI is InChI=1S/C17H19N3O2S.ClH/c1-3-14-12(11-6-4-5-7-15(11)22-14)9-20(2)17(21)13-10-23-16(8-18)19-13;/h4-7,10H,3,8-9,18H2,1-2H3;1H. The molecule has 0 bridgehead atoms. The zero-order chi connectivity index (χ0) is 16.4. The summed E-state index contributed by atoms with van der Waals surface area (Å²) in [5.74, 6) is 0.819. The number of amides is 1. The number of fused-ring (bicyclic) bond motifs is 1. The van der Waals surface area contributed by atoms with Crippen LogP contribution in [0.5, 0.6) is 0 Å². The number of benzene rings is 1. The lowest BCUT2D eigenvalue weighted by molar-refractivity contribution is 0.0780. The molecule has 2 N–H and O–H groups in total. The molecule has 0 radical (unpaired) electrons. The highest BCUT2D eigenvalue weighted by Gasteiger charge is 2.19. The maximum Gasteiger partial charge on any atom is 0.273 e. The molecule has 0 atom stereocenters. The van der Waals surface area contributed by atoms with Crippen molar-refractivity contribution in [3.8, 4) is 0 Å². The first-order valence-corrected chi connectivity index (χ1v) is 8.41. The first-order chi connectivity index (χ1) is 11.1. The molecule has 7 heteroatoms. The van der Waals surface area contributed by atoms with E-state index >= 15 is 0 Å². The summed E-state index contributed by atoms with van der Waals surface area (Å²) >= 11 is 1.41. The average Bonchev–Trinajstić information content (AvgIpc) is 3.19. The minimum absolute atomic E-state index is 0. The van der Waals surface area contributed by atoms with E-state index in [9.17, 15) is 4.79 Å². The van der Waals surface area contributed by atoms with Crippen molar-refractivity contribution >= 4 is 40.6 Å². The minimum Gasteiger partial charge on any atom is -0.461 e. The van der Waals surface area contributed by atoms with E-state index in [1.807, 2.05) is 24.3 Å². The van der Waals surface area contributed by atoms with Crippen LogP contribution >= 0.6 is 23.7 Å². The Kier molecular flexibility index (Phi) is 5.99. The van der Waals surface area contributed by atoms with Crippen LogP contribution in [-0.4, -0.2) is 22.8 Å². The molecular weight excluding hydrogens is 346 g/mol. The highest BCUT2D eigenvalue weighted by atomic mass is 35.5. The number of carbonyl (C=O) groups excluding carboxylic acids is 1. The lowest BCUT2D eigenvalue weighted by Gasteiger charge is -2.16. The van der Waals surface area contributed by atoms with Crippen molar-refractivity contribution in [1.29, 1.82) is 0 Å². The third-order valence-corrected chi connectivity index (χ3v) is 4.66. The van der Waals surface area contributed by atoms with Crippen LogP contribution in [0.1, 0.15) is 33.7 Å². The van der Waals surface area contributed by atoms with E-state index in [-0.39, 0.29) is 18.3 Å². The number of rotatable bonds is 5. The SMILES string of the molecule is CCc1oc2ccccc2c1CN(C)C(=O)c1csc(CN)n1.Cl. The summed E-state index contributed by atoms with van der Waals surface area (Å²) in [6.07, 6.45) is 0.792. The first kappa shape index (κ1) is 18.4. The van der Waals surface area contributed by atoms with Crippen molar-refractivity contribution < 1.29 is 9.21 Å². The second-order valence-electron chi connectivity index (χ2n) is 5.35. The van der Waals surface area contributed by atoms with Gasteiger partial charge in [0.15, 0.2) is 0 Å². The number of para-hydroxylation sites is 1. The molecule has 5 nitrogen and oxygen atoms in total. The highest BCUT2D eigenvalue weighted by Crippen LogP contribution is 2.27. The van der Waals surface area contributed by atoms with Gasteiger partial charge in [-0.05, 0) is 6.07 Å². The lowest BCUT2D eigenvalue weighted by atomic mass is 10.1. The Morgan fingerprint density at radius 1 is 1.38 bits per heavy atom. The molecule has 0 aliphatic rings. The number of aryl methyl sites for hydroxylation is 1. The van der Waals surface area contributed by atoms with Crippen LogP contribution in [-0.2, 0) is 19.5 Å². The summed E-state index contributed by atoms with van der Waals surface area (Å²) in [6, 6.07) is 7.92. The summed E-state index contributed by atoms with van der Waals surface area (Å²) in [6.45, 7) is 2.90. The van der Waals surface area contributed by atoms with E-state index in [0.29, 0.717) is 18.8 Å². The van der Waals surface area contributed by atoms with Gasteiger partial charge in [-0.2, -0.15) is 0 Å². The van der Waals surface area contributed by atoms with Crippen LogP contribution in [0.15, 0.2) is 34.1 Å². The first-order valence-electron chi connectivity index (χ1n) is 7.53. The van der Waals surface area contributed by atoms with Gasteiger partial charge in [-0.3, -0.25) is 4.79 Å². The van der Waals surface area contributed by atoms with Crippen molar-refractivity contribution in [2.75, 3.05) is 7.05 Å². The Balaban J connectivity index is 0.00000208. The minimum atomic E-state index is -0.103. The van der Waals surface area contributed by atoms with Crippen molar-refractivity contribution in [3.63, 3.8) is 0 Å². The number of thiazole rings is 1. The summed E-state index contributed by atoms with van der Waals surface area (Å²) < 4.78 is 5.89. The highest BCUT2D eigenvalue weighted by molar-refractivity contribution is 7.09. The number of nitrogens with zero attached hydrogens (tertiary/aromatic N) is 2. The summed E-state index contributed by atoms with van der Waals surface area (Å²) in [5.41, 5.74) is 7.93. The molecular formula is C17H20ClN3O2S. The molecule has 3 rings (SSSR count). The van der Waals surface area contributed by atoms with Gasteiger partial charge >= 0.3 is 0 Å². The summed E-state index contributed by atoms with van der Waals surface area (Å²) in [5, 5.41) is 3.59. The summed E-state index contributed by atoms with van der Waals surface area (Å²) in [7, 11) is 1.78. The molecule has 3 aromatic rings. The van der Waals surface area contributed by atoms with Gasteiger partial charge < -0.3 is 15.1 Å². The van der Waals surface area contributed by atoms with Crippen molar-refractivity contribution in [2.45, 2.75) is 26.4 Å². The normalized spacial score (nSPS) is 10.6. The van der Waals surface area contributed by atoms with Crippen molar-refractivity contribution in [2.24, 2.45) is 5.73 Å². The molecule has 0 spiro atoms. The van der Waals surface area contributed by atoms with E-state index in [1.54, 1.807) is 17.3 Å². The molecule has 2 aromatic heterocycles. The Morgan fingerprint density at radius 3 is 2.79 bits per heavy atom. The molecule has 0 saturated carbocycles. The predicted molar refractivity (Wildman–Crippen MR) is 98.6 cm³/mol. The van der Waals surface area contributed by atoms with Crippen LogP contribution < -0.4 is 5.73 Å².